The Morgan fingerprint density at radius 1 is 0.950 bits per heavy atom. The van der Waals surface area contributed by atoms with E-state index in [1.807, 2.05) is 50.2 Å². The zero-order chi connectivity index (χ0) is 28.8. The molecule has 0 radical (unpaired) electrons. The Bertz CT molecular complexity index is 1400. The number of Topliss-reactive ketones (excluding diaryl/α,β-unsaturated/α-hetero) is 1. The van der Waals surface area contributed by atoms with Crippen molar-refractivity contribution in [3.63, 3.8) is 0 Å². The molecule has 1 aliphatic heterocycles. The first-order valence-electron chi connectivity index (χ1n) is 13.2. The second-order valence-corrected chi connectivity index (χ2v) is 10.0. The van der Waals surface area contributed by atoms with Gasteiger partial charge in [-0.2, -0.15) is 0 Å². The minimum Gasteiger partial charge on any atom is -0.507 e. The van der Waals surface area contributed by atoms with E-state index in [0.717, 1.165) is 17.7 Å². The van der Waals surface area contributed by atoms with Crippen molar-refractivity contribution in [3.8, 4) is 17.2 Å². The molecule has 3 aromatic carbocycles. The summed E-state index contributed by atoms with van der Waals surface area (Å²) in [6, 6.07) is 19.3. The highest BCUT2D eigenvalue weighted by Crippen LogP contribution is 2.42. The fraction of sp³-hybridized carbons (Fsp3) is 0.312. The lowest BCUT2D eigenvalue weighted by Crippen LogP contribution is -2.32. The highest BCUT2D eigenvalue weighted by molar-refractivity contribution is 6.46. The summed E-state index contributed by atoms with van der Waals surface area (Å²) in [6.07, 6.45) is 0.663. The standard InChI is InChI=1S/C32H36N2O6/c1-21-9-6-7-10-24(21)20-40-25-14-11-22(12-15-25)30(35)28-29(23-13-16-26(38-4)27(19-23)39-5)34(32(37)31(28)36)18-8-17-33(2)3/h6-7,9-16,19,29,35H,8,17-18,20H2,1-5H3/b30-28+. The molecule has 1 N–H and O–H groups in total. The number of carbonyl (C=O) groups excluding carboxylic acids is 2. The van der Waals surface area contributed by atoms with Gasteiger partial charge in [-0.05, 0) is 87.1 Å². The van der Waals surface area contributed by atoms with Crippen LogP contribution in [0.25, 0.3) is 5.76 Å². The van der Waals surface area contributed by atoms with Gasteiger partial charge in [-0.25, -0.2) is 0 Å². The molecule has 0 saturated carbocycles. The number of aliphatic hydroxyl groups excluding tert-OH is 1. The summed E-state index contributed by atoms with van der Waals surface area (Å²) in [5.41, 5.74) is 3.32. The minimum absolute atomic E-state index is 0.0376. The monoisotopic (exact) mass is 544 g/mol. The molecule has 0 aliphatic carbocycles. The maximum atomic E-state index is 13.3. The predicted octanol–water partition coefficient (Wildman–Crippen LogP) is 4.96. The molecule has 0 aromatic heterocycles. The quantitative estimate of drug-likeness (QED) is 0.207. The van der Waals surface area contributed by atoms with E-state index in [2.05, 4.69) is 0 Å². The zero-order valence-corrected chi connectivity index (χ0v) is 23.6. The van der Waals surface area contributed by atoms with Crippen LogP contribution in [0.3, 0.4) is 0 Å². The number of benzene rings is 3. The number of nitrogens with zero attached hydrogens (tertiary/aromatic N) is 2. The SMILES string of the molecule is COc1ccc(C2/C(=C(\O)c3ccc(OCc4ccccc4C)cc3)C(=O)C(=O)N2CCCN(C)C)cc1OC. The lowest BCUT2D eigenvalue weighted by molar-refractivity contribution is -0.139. The second-order valence-electron chi connectivity index (χ2n) is 10.0. The van der Waals surface area contributed by atoms with Crippen LogP contribution in [0, 0.1) is 6.92 Å². The van der Waals surface area contributed by atoms with Gasteiger partial charge < -0.3 is 29.1 Å². The Hall–Kier alpha value is -4.30. The van der Waals surface area contributed by atoms with Crippen LogP contribution in [-0.2, 0) is 16.2 Å². The summed E-state index contributed by atoms with van der Waals surface area (Å²) >= 11 is 0. The number of aliphatic hydroxyl groups is 1. The van der Waals surface area contributed by atoms with Crippen molar-refractivity contribution in [1.82, 2.24) is 9.80 Å². The van der Waals surface area contributed by atoms with Gasteiger partial charge in [-0.15, -0.1) is 0 Å². The van der Waals surface area contributed by atoms with Crippen molar-refractivity contribution in [2.24, 2.45) is 0 Å². The Kier molecular flexibility index (Phi) is 9.11. The van der Waals surface area contributed by atoms with Gasteiger partial charge in [0.2, 0.25) is 0 Å². The van der Waals surface area contributed by atoms with Crippen LogP contribution in [0.2, 0.25) is 0 Å². The van der Waals surface area contributed by atoms with Crippen molar-refractivity contribution in [1.29, 1.82) is 0 Å². The third kappa shape index (κ3) is 6.13. The molecule has 1 aliphatic rings. The number of ether oxygens (including phenoxy) is 3. The smallest absolute Gasteiger partial charge is 0.295 e. The summed E-state index contributed by atoms with van der Waals surface area (Å²) in [7, 11) is 6.97. The van der Waals surface area contributed by atoms with Crippen LogP contribution >= 0.6 is 0 Å². The van der Waals surface area contributed by atoms with Crippen molar-refractivity contribution >= 4 is 17.4 Å². The minimum atomic E-state index is -0.779. The lowest BCUT2D eigenvalue weighted by Gasteiger charge is -2.26. The molecule has 1 fully saturated rings. The fourth-order valence-electron chi connectivity index (χ4n) is 4.84. The van der Waals surface area contributed by atoms with Crippen molar-refractivity contribution in [2.75, 3.05) is 41.4 Å². The van der Waals surface area contributed by atoms with E-state index in [1.54, 1.807) is 49.6 Å². The number of amides is 1. The Morgan fingerprint density at radius 2 is 1.65 bits per heavy atom. The predicted molar refractivity (Wildman–Crippen MR) is 154 cm³/mol. The molecule has 0 spiro atoms. The number of carbonyl (C=O) groups is 2. The average molecular weight is 545 g/mol. The van der Waals surface area contributed by atoms with Crippen LogP contribution in [0.4, 0.5) is 0 Å². The van der Waals surface area contributed by atoms with E-state index in [-0.39, 0.29) is 11.3 Å². The maximum absolute atomic E-state index is 13.3. The maximum Gasteiger partial charge on any atom is 0.295 e. The second kappa shape index (κ2) is 12.7. The molecule has 0 bridgehead atoms. The molecule has 1 heterocycles. The highest BCUT2D eigenvalue weighted by atomic mass is 16.5. The van der Waals surface area contributed by atoms with Gasteiger partial charge in [0.25, 0.3) is 11.7 Å². The molecule has 8 heteroatoms. The third-order valence-corrected chi connectivity index (χ3v) is 7.05. The van der Waals surface area contributed by atoms with E-state index in [1.165, 1.54) is 12.0 Å². The molecule has 1 amide bonds. The van der Waals surface area contributed by atoms with Crippen molar-refractivity contribution in [2.45, 2.75) is 26.0 Å². The van der Waals surface area contributed by atoms with Crippen LogP contribution in [-0.4, -0.2) is 68.0 Å². The van der Waals surface area contributed by atoms with Crippen LogP contribution in [0.15, 0.2) is 72.3 Å². The first-order valence-corrected chi connectivity index (χ1v) is 13.2. The molecule has 1 unspecified atom stereocenters. The summed E-state index contributed by atoms with van der Waals surface area (Å²) in [5.74, 6) is 0.0190. The molecule has 40 heavy (non-hydrogen) atoms. The molecule has 1 saturated heterocycles. The van der Waals surface area contributed by atoms with Crippen LogP contribution in [0.1, 0.15) is 34.7 Å². The molecule has 1 atom stereocenters. The summed E-state index contributed by atoms with van der Waals surface area (Å²) in [4.78, 5) is 30.1. The number of hydrogen-bond donors (Lipinski definition) is 1. The average Bonchev–Trinajstić information content (AvgIpc) is 3.21. The van der Waals surface area contributed by atoms with E-state index in [9.17, 15) is 14.7 Å². The van der Waals surface area contributed by atoms with Gasteiger partial charge in [0.05, 0.1) is 25.8 Å². The van der Waals surface area contributed by atoms with E-state index < -0.39 is 17.7 Å². The van der Waals surface area contributed by atoms with Gasteiger partial charge in [0.1, 0.15) is 18.1 Å². The topological polar surface area (TPSA) is 88.5 Å². The number of rotatable bonds is 11. The number of likely N-dealkylation sites (tertiary alicyclic amines) is 1. The normalized spacial score (nSPS) is 16.4. The van der Waals surface area contributed by atoms with E-state index in [0.29, 0.717) is 47.9 Å². The molecule has 8 nitrogen and oxygen atoms in total. The molecular formula is C32H36N2O6. The first-order chi connectivity index (χ1) is 19.2. The lowest BCUT2D eigenvalue weighted by atomic mass is 9.95. The number of methoxy groups -OCH3 is 2. The first kappa shape index (κ1) is 28.7. The number of aryl methyl sites for hydroxylation is 1. The van der Waals surface area contributed by atoms with Gasteiger partial charge in [0, 0.05) is 12.1 Å². The summed E-state index contributed by atoms with van der Waals surface area (Å²) in [6.45, 7) is 3.54. The molecule has 210 valence electrons. The van der Waals surface area contributed by atoms with Gasteiger partial charge in [-0.3, -0.25) is 9.59 Å². The van der Waals surface area contributed by atoms with Crippen LogP contribution < -0.4 is 14.2 Å². The molecule has 4 rings (SSSR count). The zero-order valence-electron chi connectivity index (χ0n) is 23.6. The van der Waals surface area contributed by atoms with E-state index in [4.69, 9.17) is 14.2 Å². The number of hydrogen-bond acceptors (Lipinski definition) is 7. The van der Waals surface area contributed by atoms with Gasteiger partial charge in [0.15, 0.2) is 11.5 Å². The molecule has 3 aromatic rings. The van der Waals surface area contributed by atoms with Gasteiger partial charge in [-0.1, -0.05) is 30.3 Å². The number of ketones is 1. The Morgan fingerprint density at radius 3 is 2.30 bits per heavy atom. The van der Waals surface area contributed by atoms with Gasteiger partial charge >= 0.3 is 0 Å². The van der Waals surface area contributed by atoms with Crippen molar-refractivity contribution < 1.29 is 28.9 Å². The Labute approximate surface area is 235 Å². The summed E-state index contributed by atoms with van der Waals surface area (Å²) in [5, 5.41) is 11.4. The molecular weight excluding hydrogens is 508 g/mol. The van der Waals surface area contributed by atoms with E-state index >= 15 is 0 Å². The van der Waals surface area contributed by atoms with Crippen LogP contribution in [0.5, 0.6) is 17.2 Å². The summed E-state index contributed by atoms with van der Waals surface area (Å²) < 4.78 is 16.8. The van der Waals surface area contributed by atoms with Crippen molar-refractivity contribution in [3.05, 3.63) is 94.6 Å². The third-order valence-electron chi connectivity index (χ3n) is 7.05. The highest BCUT2D eigenvalue weighted by Gasteiger charge is 2.46. The fourth-order valence-corrected chi connectivity index (χ4v) is 4.84. The largest absolute Gasteiger partial charge is 0.507 e. The Balaban J connectivity index is 1.68.